The summed E-state index contributed by atoms with van der Waals surface area (Å²) < 4.78 is 18.5. The summed E-state index contributed by atoms with van der Waals surface area (Å²) >= 11 is 0. The molecule has 0 aliphatic carbocycles. The van der Waals surface area contributed by atoms with Crippen molar-refractivity contribution in [1.29, 1.82) is 0 Å². The average Bonchev–Trinajstić information content (AvgIpc) is 2.31. The lowest BCUT2D eigenvalue weighted by atomic mass is 10.2. The van der Waals surface area contributed by atoms with Crippen LogP contribution >= 0.6 is 0 Å². The van der Waals surface area contributed by atoms with Gasteiger partial charge in [-0.15, -0.1) is 0 Å². The highest BCUT2D eigenvalue weighted by Gasteiger charge is 2.00. The summed E-state index contributed by atoms with van der Waals surface area (Å²) in [5.41, 5.74) is 7.44. The fourth-order valence-electron chi connectivity index (χ4n) is 1.65. The summed E-state index contributed by atoms with van der Waals surface area (Å²) in [5.74, 6) is 0.449. The molecule has 0 spiro atoms. The molecule has 0 unspecified atom stereocenters. The number of nitrogens with one attached hydrogen (secondary N) is 1. The molecule has 0 fully saturated rings. The van der Waals surface area contributed by atoms with Gasteiger partial charge in [0, 0.05) is 17.1 Å². The molecule has 0 saturated heterocycles. The van der Waals surface area contributed by atoms with Crippen LogP contribution in [-0.2, 0) is 0 Å². The number of rotatable bonds is 4. The minimum Gasteiger partial charge on any atom is -0.494 e. The quantitative estimate of drug-likeness (QED) is 0.811. The Kier molecular flexibility index (Phi) is 3.67. The van der Waals surface area contributed by atoms with Gasteiger partial charge in [-0.2, -0.15) is 0 Å². The van der Waals surface area contributed by atoms with Gasteiger partial charge in [-0.1, -0.05) is 0 Å². The third kappa shape index (κ3) is 3.13. The maximum absolute atomic E-state index is 13.2. The number of nitrogens with two attached hydrogens (primary N) is 1. The van der Waals surface area contributed by atoms with Crippen molar-refractivity contribution in [2.75, 3.05) is 17.7 Å². The maximum atomic E-state index is 13.2. The predicted molar refractivity (Wildman–Crippen MR) is 71.7 cm³/mol. The highest BCUT2D eigenvalue weighted by Crippen LogP contribution is 2.22. The zero-order valence-corrected chi connectivity index (χ0v) is 10.1. The topological polar surface area (TPSA) is 47.3 Å². The number of nitrogen functional groups attached to an aromatic ring is 1. The Labute approximate surface area is 105 Å². The van der Waals surface area contributed by atoms with Gasteiger partial charge in [0.05, 0.1) is 6.61 Å². The highest BCUT2D eigenvalue weighted by atomic mass is 19.1. The van der Waals surface area contributed by atoms with Gasteiger partial charge in [-0.05, 0) is 49.4 Å². The van der Waals surface area contributed by atoms with Crippen molar-refractivity contribution in [3.63, 3.8) is 0 Å². The largest absolute Gasteiger partial charge is 0.494 e. The molecule has 0 aromatic heterocycles. The molecule has 94 valence electrons. The smallest absolute Gasteiger partial charge is 0.127 e. The number of benzene rings is 2. The van der Waals surface area contributed by atoms with Crippen molar-refractivity contribution in [1.82, 2.24) is 0 Å². The van der Waals surface area contributed by atoms with E-state index in [2.05, 4.69) is 5.32 Å². The molecule has 2 aromatic rings. The molecule has 0 bridgehead atoms. The number of halogens is 1. The summed E-state index contributed by atoms with van der Waals surface area (Å²) in [6.07, 6.45) is 0. The van der Waals surface area contributed by atoms with E-state index in [1.54, 1.807) is 6.07 Å². The predicted octanol–water partition coefficient (Wildman–Crippen LogP) is 3.55. The third-order valence-corrected chi connectivity index (χ3v) is 2.37. The van der Waals surface area contributed by atoms with Gasteiger partial charge in [-0.3, -0.25) is 0 Å². The van der Waals surface area contributed by atoms with Crippen molar-refractivity contribution in [3.05, 3.63) is 48.3 Å². The van der Waals surface area contributed by atoms with Crippen LogP contribution in [0.2, 0.25) is 0 Å². The van der Waals surface area contributed by atoms with Gasteiger partial charge >= 0.3 is 0 Å². The second kappa shape index (κ2) is 5.40. The molecule has 2 rings (SSSR count). The molecule has 0 aliphatic rings. The monoisotopic (exact) mass is 246 g/mol. The third-order valence-electron chi connectivity index (χ3n) is 2.37. The molecule has 3 nitrogen and oxygen atoms in total. The van der Waals surface area contributed by atoms with Gasteiger partial charge in [0.2, 0.25) is 0 Å². The molecule has 0 saturated carbocycles. The van der Waals surface area contributed by atoms with Gasteiger partial charge in [-0.25, -0.2) is 4.39 Å². The first kappa shape index (κ1) is 12.2. The summed E-state index contributed by atoms with van der Waals surface area (Å²) in [5, 5.41) is 3.08. The lowest BCUT2D eigenvalue weighted by molar-refractivity contribution is 0.340. The van der Waals surface area contributed by atoms with Crippen molar-refractivity contribution in [2.45, 2.75) is 6.92 Å². The van der Waals surface area contributed by atoms with E-state index >= 15 is 0 Å². The SMILES string of the molecule is CCOc1ccc(Nc2cc(N)cc(F)c2)cc1. The molecule has 2 aromatic carbocycles. The van der Waals surface area contributed by atoms with Crippen LogP contribution in [0.4, 0.5) is 21.5 Å². The van der Waals surface area contributed by atoms with Crippen LogP contribution in [0.15, 0.2) is 42.5 Å². The fourth-order valence-corrected chi connectivity index (χ4v) is 1.65. The zero-order chi connectivity index (χ0) is 13.0. The van der Waals surface area contributed by atoms with E-state index in [0.717, 1.165) is 11.4 Å². The molecule has 4 heteroatoms. The normalized spacial score (nSPS) is 10.1. The highest BCUT2D eigenvalue weighted by molar-refractivity contribution is 5.64. The van der Waals surface area contributed by atoms with Crippen molar-refractivity contribution < 1.29 is 9.13 Å². The van der Waals surface area contributed by atoms with Crippen LogP contribution in [0.1, 0.15) is 6.92 Å². The Bertz CT molecular complexity index is 506. The average molecular weight is 246 g/mol. The second-order valence-corrected chi connectivity index (χ2v) is 3.86. The number of anilines is 3. The van der Waals surface area contributed by atoms with Crippen LogP contribution in [0.3, 0.4) is 0 Å². The van der Waals surface area contributed by atoms with E-state index in [9.17, 15) is 4.39 Å². The van der Waals surface area contributed by atoms with E-state index < -0.39 is 0 Å². The van der Waals surface area contributed by atoms with Gasteiger partial charge < -0.3 is 15.8 Å². The van der Waals surface area contributed by atoms with E-state index in [1.165, 1.54) is 12.1 Å². The minimum atomic E-state index is -0.358. The summed E-state index contributed by atoms with van der Waals surface area (Å²) in [7, 11) is 0. The molecule has 0 amide bonds. The van der Waals surface area contributed by atoms with Gasteiger partial charge in [0.15, 0.2) is 0 Å². The van der Waals surface area contributed by atoms with Crippen molar-refractivity contribution in [3.8, 4) is 5.75 Å². The summed E-state index contributed by atoms with van der Waals surface area (Å²) in [6.45, 7) is 2.56. The molecular weight excluding hydrogens is 231 g/mol. The first-order chi connectivity index (χ1) is 8.67. The maximum Gasteiger partial charge on any atom is 0.127 e. The molecule has 3 N–H and O–H groups in total. The molecule has 0 radical (unpaired) electrons. The Morgan fingerprint density at radius 3 is 2.44 bits per heavy atom. The van der Waals surface area contributed by atoms with E-state index in [1.807, 2.05) is 31.2 Å². The molecular formula is C14H15FN2O. The second-order valence-electron chi connectivity index (χ2n) is 3.86. The van der Waals surface area contributed by atoms with Crippen LogP contribution < -0.4 is 15.8 Å². The van der Waals surface area contributed by atoms with E-state index in [4.69, 9.17) is 10.5 Å². The number of ether oxygens (including phenoxy) is 1. The Morgan fingerprint density at radius 2 is 1.83 bits per heavy atom. The van der Waals surface area contributed by atoms with Crippen LogP contribution in [-0.4, -0.2) is 6.61 Å². The standard InChI is InChI=1S/C14H15FN2O/c1-2-18-14-5-3-12(4-6-14)17-13-8-10(15)7-11(16)9-13/h3-9,17H,2,16H2,1H3. The zero-order valence-electron chi connectivity index (χ0n) is 10.1. The lowest BCUT2D eigenvalue weighted by Gasteiger charge is -2.09. The van der Waals surface area contributed by atoms with Crippen molar-refractivity contribution in [2.24, 2.45) is 0 Å². The Morgan fingerprint density at radius 1 is 1.11 bits per heavy atom. The number of hydrogen-bond acceptors (Lipinski definition) is 3. The lowest BCUT2D eigenvalue weighted by Crippen LogP contribution is -1.95. The molecule has 0 heterocycles. The molecule has 18 heavy (non-hydrogen) atoms. The first-order valence-electron chi connectivity index (χ1n) is 5.73. The summed E-state index contributed by atoms with van der Waals surface area (Å²) in [4.78, 5) is 0. The minimum absolute atomic E-state index is 0.358. The van der Waals surface area contributed by atoms with Gasteiger partial charge in [0.1, 0.15) is 11.6 Å². The van der Waals surface area contributed by atoms with E-state index in [0.29, 0.717) is 18.0 Å². The summed E-state index contributed by atoms with van der Waals surface area (Å²) in [6, 6.07) is 11.8. The van der Waals surface area contributed by atoms with Crippen LogP contribution in [0, 0.1) is 5.82 Å². The fraction of sp³-hybridized carbons (Fsp3) is 0.143. The van der Waals surface area contributed by atoms with Crippen LogP contribution in [0.5, 0.6) is 5.75 Å². The van der Waals surface area contributed by atoms with E-state index in [-0.39, 0.29) is 5.82 Å². The van der Waals surface area contributed by atoms with Crippen molar-refractivity contribution >= 4 is 17.1 Å². The Balaban J connectivity index is 2.13. The number of hydrogen-bond donors (Lipinski definition) is 2. The van der Waals surface area contributed by atoms with Gasteiger partial charge in [0.25, 0.3) is 0 Å². The molecule has 0 aliphatic heterocycles. The van der Waals surface area contributed by atoms with Crippen LogP contribution in [0.25, 0.3) is 0 Å². The first-order valence-corrected chi connectivity index (χ1v) is 5.73. The Hall–Kier alpha value is -2.23. The molecule has 0 atom stereocenters.